The van der Waals surface area contributed by atoms with Crippen molar-refractivity contribution in [3.8, 4) is 0 Å². The van der Waals surface area contributed by atoms with E-state index in [1.54, 1.807) is 0 Å². The molecule has 76 valence electrons. The fourth-order valence-electron chi connectivity index (χ4n) is 0.770. The van der Waals surface area contributed by atoms with E-state index in [9.17, 15) is 0 Å². The standard InChI is InChI=1S/2C6H6.2ClH/c2*1-2-4-6-5-3-1;;/h2*1-6H;2*1H. The van der Waals surface area contributed by atoms with E-state index in [1.165, 1.54) is 0 Å². The summed E-state index contributed by atoms with van der Waals surface area (Å²) in [6.07, 6.45) is 0. The van der Waals surface area contributed by atoms with Crippen LogP contribution in [0, 0.1) is 0 Å². The van der Waals surface area contributed by atoms with Gasteiger partial charge in [0.1, 0.15) is 0 Å². The summed E-state index contributed by atoms with van der Waals surface area (Å²) in [4.78, 5) is 0. The first-order valence-electron chi connectivity index (χ1n) is 4.00. The highest BCUT2D eigenvalue weighted by Gasteiger charge is 1.58. The van der Waals surface area contributed by atoms with Gasteiger partial charge in [-0.1, -0.05) is 72.8 Å². The average molecular weight is 229 g/mol. The molecule has 0 heterocycles. The lowest BCUT2D eigenvalue weighted by atomic mass is 10.4. The second-order valence-electron chi connectivity index (χ2n) is 2.31. The SMILES string of the molecule is Cl.Cl.c1ccccc1.c1ccccc1. The highest BCUT2D eigenvalue weighted by Crippen LogP contribution is 1.80. The van der Waals surface area contributed by atoms with Gasteiger partial charge in [-0.3, -0.25) is 0 Å². The van der Waals surface area contributed by atoms with Crippen LogP contribution in [0.3, 0.4) is 0 Å². The van der Waals surface area contributed by atoms with E-state index in [-0.39, 0.29) is 24.8 Å². The van der Waals surface area contributed by atoms with Crippen LogP contribution >= 0.6 is 24.8 Å². The highest BCUT2D eigenvalue weighted by molar-refractivity contribution is 5.85. The summed E-state index contributed by atoms with van der Waals surface area (Å²) < 4.78 is 0. The summed E-state index contributed by atoms with van der Waals surface area (Å²) in [7, 11) is 0. The van der Waals surface area contributed by atoms with Crippen molar-refractivity contribution in [2.45, 2.75) is 0 Å². The minimum Gasteiger partial charge on any atom is -0.147 e. The third-order valence-corrected chi connectivity index (χ3v) is 1.33. The molecule has 0 saturated heterocycles. The van der Waals surface area contributed by atoms with Gasteiger partial charge in [-0.2, -0.15) is 0 Å². The molecule has 0 spiro atoms. The van der Waals surface area contributed by atoms with Crippen LogP contribution in [0.2, 0.25) is 0 Å². The fourth-order valence-corrected chi connectivity index (χ4v) is 0.770. The van der Waals surface area contributed by atoms with E-state index in [1.807, 2.05) is 72.8 Å². The van der Waals surface area contributed by atoms with Crippen LogP contribution in [0.25, 0.3) is 0 Å². The maximum atomic E-state index is 2.00. The van der Waals surface area contributed by atoms with Gasteiger partial charge in [-0.05, 0) is 0 Å². The molecule has 0 aliphatic rings. The van der Waals surface area contributed by atoms with Gasteiger partial charge in [0.15, 0.2) is 0 Å². The zero-order valence-corrected chi connectivity index (χ0v) is 9.38. The van der Waals surface area contributed by atoms with Gasteiger partial charge in [0.2, 0.25) is 0 Å². The van der Waals surface area contributed by atoms with Crippen molar-refractivity contribution in [3.63, 3.8) is 0 Å². The molecule has 0 atom stereocenters. The Kier molecular flexibility index (Phi) is 13.3. The van der Waals surface area contributed by atoms with Gasteiger partial charge in [0, 0.05) is 0 Å². The first kappa shape index (κ1) is 15.5. The minimum atomic E-state index is 0. The van der Waals surface area contributed by atoms with E-state index < -0.39 is 0 Å². The second-order valence-corrected chi connectivity index (χ2v) is 2.31. The zero-order valence-electron chi connectivity index (χ0n) is 7.74. The van der Waals surface area contributed by atoms with Crippen LogP contribution in [-0.4, -0.2) is 0 Å². The average Bonchev–Trinajstić information content (AvgIpc) is 2.24. The normalized spacial score (nSPS) is 6.86. The van der Waals surface area contributed by atoms with Crippen molar-refractivity contribution >= 4 is 24.8 Å². The summed E-state index contributed by atoms with van der Waals surface area (Å²) in [5.41, 5.74) is 0. The van der Waals surface area contributed by atoms with Crippen LogP contribution in [0.4, 0.5) is 0 Å². The van der Waals surface area contributed by atoms with Gasteiger partial charge in [-0.15, -0.1) is 24.8 Å². The predicted octanol–water partition coefficient (Wildman–Crippen LogP) is 4.22. The number of rotatable bonds is 0. The lowest BCUT2D eigenvalue weighted by Crippen LogP contribution is -1.47. The Bertz CT molecular complexity index is 184. The summed E-state index contributed by atoms with van der Waals surface area (Å²) in [5, 5.41) is 0. The van der Waals surface area contributed by atoms with Gasteiger partial charge < -0.3 is 0 Å². The molecule has 0 aliphatic heterocycles. The van der Waals surface area contributed by atoms with Crippen molar-refractivity contribution in [1.29, 1.82) is 0 Å². The quantitative estimate of drug-likeness (QED) is 0.634. The molecule has 0 N–H and O–H groups in total. The molecule has 14 heavy (non-hydrogen) atoms. The molecule has 0 aliphatic carbocycles. The van der Waals surface area contributed by atoms with E-state index in [0.717, 1.165) is 0 Å². The van der Waals surface area contributed by atoms with Crippen molar-refractivity contribution < 1.29 is 0 Å². The Morgan fingerprint density at radius 2 is 0.286 bits per heavy atom. The first-order valence-corrected chi connectivity index (χ1v) is 4.00. The number of halogens is 2. The molecule has 2 rings (SSSR count). The van der Waals surface area contributed by atoms with Crippen LogP contribution < -0.4 is 0 Å². The van der Waals surface area contributed by atoms with Crippen molar-refractivity contribution in [2.24, 2.45) is 0 Å². The fraction of sp³-hybridized carbons (Fsp3) is 0. The summed E-state index contributed by atoms with van der Waals surface area (Å²) >= 11 is 0. The third-order valence-electron chi connectivity index (χ3n) is 1.33. The van der Waals surface area contributed by atoms with Crippen LogP contribution in [-0.2, 0) is 0 Å². The van der Waals surface area contributed by atoms with Crippen LogP contribution in [0.1, 0.15) is 0 Å². The Balaban J connectivity index is 0. The predicted molar refractivity (Wildman–Crippen MR) is 67.4 cm³/mol. The summed E-state index contributed by atoms with van der Waals surface area (Å²) in [6, 6.07) is 24.0. The molecular weight excluding hydrogens is 215 g/mol. The summed E-state index contributed by atoms with van der Waals surface area (Å²) in [5.74, 6) is 0. The van der Waals surface area contributed by atoms with Crippen molar-refractivity contribution in [1.82, 2.24) is 0 Å². The Morgan fingerprint density at radius 3 is 0.357 bits per heavy atom. The molecule has 2 heteroatoms. The molecule has 2 aromatic carbocycles. The molecule has 0 radical (unpaired) electrons. The Labute approximate surface area is 97.8 Å². The highest BCUT2D eigenvalue weighted by atomic mass is 35.5. The molecule has 0 nitrogen and oxygen atoms in total. The Morgan fingerprint density at radius 1 is 0.214 bits per heavy atom. The summed E-state index contributed by atoms with van der Waals surface area (Å²) in [6.45, 7) is 0. The van der Waals surface area contributed by atoms with Gasteiger partial charge in [0.25, 0.3) is 0 Å². The monoisotopic (exact) mass is 228 g/mol. The van der Waals surface area contributed by atoms with E-state index in [0.29, 0.717) is 0 Å². The zero-order chi connectivity index (χ0) is 8.49. The minimum absolute atomic E-state index is 0. The van der Waals surface area contributed by atoms with Crippen LogP contribution in [0.5, 0.6) is 0 Å². The van der Waals surface area contributed by atoms with Crippen molar-refractivity contribution in [2.75, 3.05) is 0 Å². The maximum absolute atomic E-state index is 2.00. The van der Waals surface area contributed by atoms with E-state index in [2.05, 4.69) is 0 Å². The topological polar surface area (TPSA) is 0 Å². The van der Waals surface area contributed by atoms with Crippen LogP contribution in [0.15, 0.2) is 72.8 Å². The molecule has 0 aromatic heterocycles. The first-order chi connectivity index (χ1) is 6.00. The number of benzene rings is 2. The van der Waals surface area contributed by atoms with E-state index >= 15 is 0 Å². The molecule has 0 fully saturated rings. The van der Waals surface area contributed by atoms with Gasteiger partial charge >= 0.3 is 0 Å². The van der Waals surface area contributed by atoms with Gasteiger partial charge in [-0.25, -0.2) is 0 Å². The third kappa shape index (κ3) is 9.11. The molecular formula is C12H14Cl2. The lowest BCUT2D eigenvalue weighted by Gasteiger charge is -1.69. The van der Waals surface area contributed by atoms with Gasteiger partial charge in [0.05, 0.1) is 0 Å². The Hall–Kier alpha value is -0.980. The largest absolute Gasteiger partial charge is 0.147 e. The molecule has 0 bridgehead atoms. The smallest absolute Gasteiger partial charge is 0.0623 e. The maximum Gasteiger partial charge on any atom is -0.0623 e. The molecule has 0 saturated carbocycles. The van der Waals surface area contributed by atoms with E-state index in [4.69, 9.17) is 0 Å². The number of hydrogen-bond acceptors (Lipinski definition) is 0. The van der Waals surface area contributed by atoms with Crippen molar-refractivity contribution in [3.05, 3.63) is 72.8 Å². The number of hydrogen-bond donors (Lipinski definition) is 0. The lowest BCUT2D eigenvalue weighted by molar-refractivity contribution is 1.72. The molecule has 2 aromatic rings. The molecule has 0 unspecified atom stereocenters. The second kappa shape index (κ2) is 12.0. The molecule has 0 amide bonds.